The largest absolute Gasteiger partial charge is 0.306 e. The molecule has 0 aromatic heterocycles. The minimum Gasteiger partial charge on any atom is -0.306 e. The molecular formula is C22H21Cl2N. The van der Waals surface area contributed by atoms with E-state index in [1.165, 1.54) is 33.4 Å². The van der Waals surface area contributed by atoms with E-state index in [0.29, 0.717) is 23.0 Å². The number of hydrogen-bond acceptors (Lipinski definition) is 1. The Morgan fingerprint density at radius 3 is 2.88 bits per heavy atom. The van der Waals surface area contributed by atoms with E-state index in [9.17, 15) is 0 Å². The molecule has 1 saturated heterocycles. The second-order valence-corrected chi connectivity index (χ2v) is 9.00. The molecule has 0 saturated carbocycles. The Morgan fingerprint density at radius 1 is 1.32 bits per heavy atom. The van der Waals surface area contributed by atoms with Crippen molar-refractivity contribution in [3.8, 4) is 11.1 Å². The molecule has 6 rings (SSSR count). The number of hydrogen-bond donors (Lipinski definition) is 1. The van der Waals surface area contributed by atoms with Crippen molar-refractivity contribution < 1.29 is 0 Å². The van der Waals surface area contributed by atoms with Gasteiger partial charge in [-0.3, -0.25) is 0 Å². The Hall–Kier alpha value is -1.28. The van der Waals surface area contributed by atoms with Gasteiger partial charge >= 0.3 is 0 Å². The molecular weight excluding hydrogens is 349 g/mol. The first-order valence-corrected chi connectivity index (χ1v) is 9.69. The normalized spacial score (nSPS) is 31.0. The molecule has 2 aliphatic heterocycles. The van der Waals surface area contributed by atoms with Gasteiger partial charge < -0.3 is 5.32 Å². The first-order chi connectivity index (χ1) is 11.9. The van der Waals surface area contributed by atoms with Gasteiger partial charge in [0.05, 0.1) is 10.0 Å². The maximum atomic E-state index is 6.72. The van der Waals surface area contributed by atoms with Crippen LogP contribution in [-0.2, 0) is 5.41 Å². The Kier molecular flexibility index (Phi) is 3.27. The van der Waals surface area contributed by atoms with Crippen molar-refractivity contribution in [3.63, 3.8) is 0 Å². The Bertz CT molecular complexity index is 932. The molecule has 1 nitrogen and oxygen atoms in total. The summed E-state index contributed by atoms with van der Waals surface area (Å²) in [5.41, 5.74) is 7.90. The third-order valence-electron chi connectivity index (χ3n) is 6.48. The smallest absolute Gasteiger partial charge is 0.0630 e. The number of benzene rings is 2. The van der Waals surface area contributed by atoms with Gasteiger partial charge in [-0.05, 0) is 59.7 Å². The lowest BCUT2D eigenvalue weighted by Crippen LogP contribution is -2.56. The van der Waals surface area contributed by atoms with Crippen LogP contribution in [0.1, 0.15) is 55.3 Å². The molecule has 128 valence electrons. The van der Waals surface area contributed by atoms with Crippen LogP contribution in [0.4, 0.5) is 0 Å². The van der Waals surface area contributed by atoms with Crippen LogP contribution in [0, 0.1) is 0 Å². The van der Waals surface area contributed by atoms with Crippen molar-refractivity contribution in [3.05, 3.63) is 69.2 Å². The van der Waals surface area contributed by atoms with Crippen LogP contribution in [-0.4, -0.2) is 6.04 Å². The van der Waals surface area contributed by atoms with E-state index in [0.717, 1.165) is 17.9 Å². The molecule has 2 aromatic rings. The summed E-state index contributed by atoms with van der Waals surface area (Å²) in [6, 6.07) is 11.8. The van der Waals surface area contributed by atoms with E-state index in [-0.39, 0.29) is 5.41 Å². The van der Waals surface area contributed by atoms with Gasteiger partial charge in [0, 0.05) is 23.4 Å². The fraction of sp³-hybridized carbons (Fsp3) is 0.364. The van der Waals surface area contributed by atoms with Crippen LogP contribution >= 0.6 is 23.2 Å². The molecule has 3 heteroatoms. The highest BCUT2D eigenvalue weighted by molar-refractivity contribution is 6.42. The molecule has 0 amide bonds. The number of nitrogens with one attached hydrogen (secondary N) is 1. The summed E-state index contributed by atoms with van der Waals surface area (Å²) in [6.07, 6.45) is 2.05. The maximum absolute atomic E-state index is 6.72. The Morgan fingerprint density at radius 2 is 2.12 bits per heavy atom. The van der Waals surface area contributed by atoms with Crippen molar-refractivity contribution in [2.45, 2.75) is 50.1 Å². The van der Waals surface area contributed by atoms with Gasteiger partial charge in [-0.15, -0.1) is 6.58 Å². The molecule has 1 fully saturated rings. The predicted molar refractivity (Wildman–Crippen MR) is 106 cm³/mol. The van der Waals surface area contributed by atoms with Gasteiger partial charge in [-0.2, -0.15) is 0 Å². The Balaban J connectivity index is 1.86. The summed E-state index contributed by atoms with van der Waals surface area (Å²) in [7, 11) is 0. The summed E-state index contributed by atoms with van der Waals surface area (Å²) >= 11 is 13.3. The van der Waals surface area contributed by atoms with Gasteiger partial charge in [0.25, 0.3) is 0 Å². The molecule has 0 radical (unpaired) electrons. The number of rotatable bonds is 2. The molecule has 25 heavy (non-hydrogen) atoms. The molecule has 4 atom stereocenters. The van der Waals surface area contributed by atoms with Crippen LogP contribution in [0.2, 0.25) is 10.0 Å². The molecule has 0 spiro atoms. The Labute approximate surface area is 159 Å². The zero-order valence-electron chi connectivity index (χ0n) is 14.5. The van der Waals surface area contributed by atoms with E-state index >= 15 is 0 Å². The fourth-order valence-electron chi connectivity index (χ4n) is 5.60. The van der Waals surface area contributed by atoms with Crippen LogP contribution in [0.3, 0.4) is 0 Å². The number of halogens is 2. The molecule has 2 aliphatic carbocycles. The van der Waals surface area contributed by atoms with Crippen molar-refractivity contribution in [1.82, 2.24) is 5.32 Å². The fourth-order valence-corrected chi connectivity index (χ4v) is 6.15. The van der Waals surface area contributed by atoms with Crippen LogP contribution < -0.4 is 5.32 Å². The minimum atomic E-state index is -0.00757. The van der Waals surface area contributed by atoms with E-state index in [2.05, 4.69) is 50.0 Å². The molecule has 1 N–H and O–H groups in total. The van der Waals surface area contributed by atoms with Gasteiger partial charge in [0.1, 0.15) is 0 Å². The van der Waals surface area contributed by atoms with Gasteiger partial charge in [0.15, 0.2) is 0 Å². The van der Waals surface area contributed by atoms with Crippen LogP contribution in [0.15, 0.2) is 42.5 Å². The summed E-state index contributed by atoms with van der Waals surface area (Å²) in [6.45, 7) is 8.67. The van der Waals surface area contributed by atoms with Crippen molar-refractivity contribution in [1.29, 1.82) is 0 Å². The van der Waals surface area contributed by atoms with E-state index < -0.39 is 0 Å². The van der Waals surface area contributed by atoms with E-state index in [1.807, 2.05) is 6.07 Å². The first kappa shape index (κ1) is 15.9. The quantitative estimate of drug-likeness (QED) is 0.603. The second-order valence-electron chi connectivity index (χ2n) is 8.21. The average Bonchev–Trinajstić information content (AvgIpc) is 2.63. The summed E-state index contributed by atoms with van der Waals surface area (Å²) in [5.74, 6) is 0.383. The zero-order valence-corrected chi connectivity index (χ0v) is 16.0. The van der Waals surface area contributed by atoms with Gasteiger partial charge in [0.2, 0.25) is 0 Å². The molecule has 2 heterocycles. The third kappa shape index (κ3) is 2.01. The highest BCUT2D eigenvalue weighted by atomic mass is 35.5. The second kappa shape index (κ2) is 5.13. The topological polar surface area (TPSA) is 12.0 Å². The lowest BCUT2D eigenvalue weighted by molar-refractivity contribution is 0.154. The molecule has 2 aromatic carbocycles. The molecule has 4 aliphatic rings. The van der Waals surface area contributed by atoms with Crippen LogP contribution in [0.5, 0.6) is 0 Å². The lowest BCUT2D eigenvalue weighted by Gasteiger charge is -2.55. The van der Waals surface area contributed by atoms with Crippen LogP contribution in [0.25, 0.3) is 11.1 Å². The van der Waals surface area contributed by atoms with Gasteiger partial charge in [-0.1, -0.05) is 53.9 Å². The average molecular weight is 370 g/mol. The third-order valence-corrected chi connectivity index (χ3v) is 7.28. The van der Waals surface area contributed by atoms with Crippen molar-refractivity contribution in [2.75, 3.05) is 0 Å². The van der Waals surface area contributed by atoms with Crippen molar-refractivity contribution >= 4 is 23.2 Å². The summed E-state index contributed by atoms with van der Waals surface area (Å²) < 4.78 is 0. The number of piperidine rings is 1. The first-order valence-electron chi connectivity index (χ1n) is 8.93. The zero-order chi connectivity index (χ0) is 17.5. The predicted octanol–water partition coefficient (Wildman–Crippen LogP) is 6.40. The molecule has 4 unspecified atom stereocenters. The summed E-state index contributed by atoms with van der Waals surface area (Å²) in [4.78, 5) is 0. The van der Waals surface area contributed by atoms with Crippen molar-refractivity contribution in [2.24, 2.45) is 0 Å². The van der Waals surface area contributed by atoms with E-state index in [4.69, 9.17) is 23.2 Å². The monoisotopic (exact) mass is 369 g/mol. The van der Waals surface area contributed by atoms with Gasteiger partial charge in [-0.25, -0.2) is 0 Å². The molecule has 6 bridgehead atoms. The summed E-state index contributed by atoms with van der Waals surface area (Å²) in [5, 5.41) is 5.28. The maximum Gasteiger partial charge on any atom is 0.0630 e. The SMILES string of the molecule is C=C(C)CC1NC2CC3(C)c4cc(cc(Cl)c4Cl)-c4cccc2c4C13. The minimum absolute atomic E-state index is 0.00757. The van der Waals surface area contributed by atoms with E-state index in [1.54, 1.807) is 0 Å². The highest BCUT2D eigenvalue weighted by Gasteiger charge is 2.55. The standard InChI is InChI=1S/C22H21Cl2N/c1-11(2)7-17-20-19-13-5-4-6-14(19)18(25-17)10-22(20,3)15-8-12(13)9-16(23)21(15)24/h4-6,8-9,17-18,20,25H,1,7,10H2,2-3H3. The highest BCUT2D eigenvalue weighted by Crippen LogP contribution is 2.62. The number of fused-ring (bicyclic) bond motifs is 4. The lowest BCUT2D eigenvalue weighted by atomic mass is 9.55.